The van der Waals surface area contributed by atoms with E-state index in [1.165, 1.54) is 16.2 Å². The number of thiophene rings is 1. The Morgan fingerprint density at radius 1 is 1.28 bits per heavy atom. The van der Waals surface area contributed by atoms with Gasteiger partial charge in [0.15, 0.2) is 0 Å². The van der Waals surface area contributed by atoms with Gasteiger partial charge in [0.2, 0.25) is 0 Å². The summed E-state index contributed by atoms with van der Waals surface area (Å²) in [5.74, 6) is -0.0812. The molecule has 1 aromatic heterocycles. The Balaban J connectivity index is 2.40. The molecule has 0 unspecified atom stereocenters. The normalized spacial score (nSPS) is 13.8. The van der Waals surface area contributed by atoms with Crippen molar-refractivity contribution >= 4 is 22.1 Å². The van der Waals surface area contributed by atoms with E-state index < -0.39 is 0 Å². The molecule has 0 aliphatic carbocycles. The van der Waals surface area contributed by atoms with E-state index in [0.717, 1.165) is 35.6 Å². The summed E-state index contributed by atoms with van der Waals surface area (Å²) in [6.07, 6.45) is 0.856. The zero-order valence-corrected chi connectivity index (χ0v) is 10.9. The van der Waals surface area contributed by atoms with Gasteiger partial charge < -0.3 is 20.8 Å². The minimum absolute atomic E-state index is 0.0354. The molecular formula is C13H16N2O2S. The van der Waals surface area contributed by atoms with E-state index in [9.17, 15) is 10.2 Å². The summed E-state index contributed by atoms with van der Waals surface area (Å²) in [5.41, 5.74) is 2.16. The molecule has 0 spiro atoms. The van der Waals surface area contributed by atoms with Crippen molar-refractivity contribution in [3.63, 3.8) is 0 Å². The van der Waals surface area contributed by atoms with Crippen molar-refractivity contribution in [2.24, 2.45) is 0 Å². The van der Waals surface area contributed by atoms with Crippen LogP contribution in [0.4, 0.5) is 5.00 Å². The van der Waals surface area contributed by atoms with Crippen LogP contribution in [0, 0.1) is 0 Å². The van der Waals surface area contributed by atoms with Crippen LogP contribution in [0.15, 0.2) is 31.2 Å². The zero-order valence-electron chi connectivity index (χ0n) is 10.0. The van der Waals surface area contributed by atoms with E-state index in [4.69, 9.17) is 0 Å². The van der Waals surface area contributed by atoms with E-state index in [1.54, 1.807) is 0 Å². The summed E-state index contributed by atoms with van der Waals surface area (Å²) in [4.78, 5) is 1.17. The van der Waals surface area contributed by atoms with Gasteiger partial charge in [-0.15, -0.1) is 11.3 Å². The molecule has 0 amide bonds. The summed E-state index contributed by atoms with van der Waals surface area (Å²) in [6.45, 7) is 12.4. The molecule has 2 rings (SSSR count). The third-order valence-corrected chi connectivity index (χ3v) is 3.98. The van der Waals surface area contributed by atoms with Crippen molar-refractivity contribution in [1.82, 2.24) is 5.32 Å². The molecule has 0 saturated carbocycles. The second-order valence-electron chi connectivity index (χ2n) is 4.13. The molecular weight excluding hydrogens is 248 g/mol. The lowest BCUT2D eigenvalue weighted by Gasteiger charge is -2.14. The van der Waals surface area contributed by atoms with Crippen LogP contribution in [0.2, 0.25) is 0 Å². The van der Waals surface area contributed by atoms with E-state index in [0.29, 0.717) is 5.70 Å². The van der Waals surface area contributed by atoms with Gasteiger partial charge in [-0.05, 0) is 18.5 Å². The minimum atomic E-state index is -0.117. The number of nitrogens with one attached hydrogen (secondary N) is 2. The Hall–Kier alpha value is -1.72. The Morgan fingerprint density at radius 2 is 2.00 bits per heavy atom. The van der Waals surface area contributed by atoms with Gasteiger partial charge >= 0.3 is 0 Å². The van der Waals surface area contributed by atoms with Crippen LogP contribution in [0.1, 0.15) is 16.0 Å². The first-order valence-electron chi connectivity index (χ1n) is 5.58. The van der Waals surface area contributed by atoms with Crippen LogP contribution < -0.4 is 10.6 Å². The zero-order chi connectivity index (χ0) is 13.3. The van der Waals surface area contributed by atoms with E-state index >= 15 is 0 Å². The van der Waals surface area contributed by atoms with Gasteiger partial charge in [-0.3, -0.25) is 0 Å². The van der Waals surface area contributed by atoms with Gasteiger partial charge in [0.25, 0.3) is 0 Å². The van der Waals surface area contributed by atoms with Crippen molar-refractivity contribution in [3.8, 4) is 0 Å². The lowest BCUT2D eigenvalue weighted by atomic mass is 10.0. The number of fused-ring (bicyclic) bond motifs is 1. The van der Waals surface area contributed by atoms with Gasteiger partial charge in [0.1, 0.15) is 16.5 Å². The fourth-order valence-electron chi connectivity index (χ4n) is 1.94. The Labute approximate surface area is 110 Å². The van der Waals surface area contributed by atoms with Crippen molar-refractivity contribution in [2.75, 3.05) is 11.9 Å². The first-order chi connectivity index (χ1) is 8.50. The molecule has 18 heavy (non-hydrogen) atoms. The van der Waals surface area contributed by atoms with E-state index in [1.807, 2.05) is 0 Å². The third-order valence-electron chi connectivity index (χ3n) is 2.83. The predicted octanol–water partition coefficient (Wildman–Crippen LogP) is 2.92. The SMILES string of the molecule is C=C(O)C(=C)Nc1sc2c(c1C(=C)O)CCNC2. The third kappa shape index (κ3) is 2.27. The van der Waals surface area contributed by atoms with E-state index in [-0.39, 0.29) is 11.5 Å². The van der Waals surface area contributed by atoms with Gasteiger partial charge in [0, 0.05) is 11.4 Å². The highest BCUT2D eigenvalue weighted by molar-refractivity contribution is 7.16. The minimum Gasteiger partial charge on any atom is -0.508 e. The predicted molar refractivity (Wildman–Crippen MR) is 75.9 cm³/mol. The molecule has 0 atom stereocenters. The average Bonchev–Trinajstić information content (AvgIpc) is 2.66. The molecule has 0 aromatic carbocycles. The van der Waals surface area contributed by atoms with Gasteiger partial charge in [-0.1, -0.05) is 19.7 Å². The first kappa shape index (κ1) is 12.7. The highest BCUT2D eigenvalue weighted by atomic mass is 32.1. The quantitative estimate of drug-likeness (QED) is 0.499. The number of hydrogen-bond donors (Lipinski definition) is 4. The van der Waals surface area contributed by atoms with Gasteiger partial charge in [-0.25, -0.2) is 0 Å². The Morgan fingerprint density at radius 3 is 2.61 bits per heavy atom. The fraction of sp³-hybridized carbons (Fsp3) is 0.231. The monoisotopic (exact) mass is 264 g/mol. The summed E-state index contributed by atoms with van der Waals surface area (Å²) in [5, 5.41) is 26.0. The topological polar surface area (TPSA) is 64.5 Å². The summed E-state index contributed by atoms with van der Waals surface area (Å²) >= 11 is 1.53. The first-order valence-corrected chi connectivity index (χ1v) is 6.40. The van der Waals surface area contributed by atoms with Crippen LogP contribution in [0.5, 0.6) is 0 Å². The van der Waals surface area contributed by atoms with Crippen LogP contribution in [0.25, 0.3) is 5.76 Å². The Bertz CT molecular complexity index is 531. The maximum atomic E-state index is 9.74. The maximum absolute atomic E-state index is 9.74. The number of aliphatic hydroxyl groups excluding tert-OH is 2. The highest BCUT2D eigenvalue weighted by Crippen LogP contribution is 2.39. The number of hydrogen-bond acceptors (Lipinski definition) is 5. The molecule has 5 heteroatoms. The molecule has 0 radical (unpaired) electrons. The van der Waals surface area contributed by atoms with Gasteiger partial charge in [0.05, 0.1) is 11.3 Å². The molecule has 0 fully saturated rings. The molecule has 0 saturated heterocycles. The summed E-state index contributed by atoms with van der Waals surface area (Å²) in [6, 6.07) is 0. The molecule has 1 aliphatic rings. The molecule has 96 valence electrons. The molecule has 4 nitrogen and oxygen atoms in total. The Kier molecular flexibility index (Phi) is 3.45. The van der Waals surface area contributed by atoms with Crippen molar-refractivity contribution in [3.05, 3.63) is 47.2 Å². The number of rotatable bonds is 4. The second kappa shape index (κ2) is 4.88. The molecule has 4 N–H and O–H groups in total. The van der Waals surface area contributed by atoms with Crippen molar-refractivity contribution in [2.45, 2.75) is 13.0 Å². The van der Waals surface area contributed by atoms with Crippen LogP contribution in [-0.2, 0) is 13.0 Å². The molecule has 2 heterocycles. The fourth-order valence-corrected chi connectivity index (χ4v) is 3.20. The molecule has 1 aromatic rings. The molecule has 1 aliphatic heterocycles. The van der Waals surface area contributed by atoms with Crippen LogP contribution in [0.3, 0.4) is 0 Å². The maximum Gasteiger partial charge on any atom is 0.131 e. The van der Waals surface area contributed by atoms with Crippen molar-refractivity contribution in [1.29, 1.82) is 0 Å². The highest BCUT2D eigenvalue weighted by Gasteiger charge is 2.22. The number of aliphatic hydroxyl groups is 2. The van der Waals surface area contributed by atoms with Crippen LogP contribution >= 0.6 is 11.3 Å². The standard InChI is InChI=1S/C13H16N2O2S/c1-7(8(2)16)15-13-12(9(3)17)10-4-5-14-6-11(10)18-13/h14-17H,1-6H2. The number of anilines is 1. The average molecular weight is 264 g/mol. The second-order valence-corrected chi connectivity index (χ2v) is 5.24. The van der Waals surface area contributed by atoms with E-state index in [2.05, 4.69) is 30.4 Å². The van der Waals surface area contributed by atoms with Crippen molar-refractivity contribution < 1.29 is 10.2 Å². The molecule has 0 bridgehead atoms. The lowest BCUT2D eigenvalue weighted by molar-refractivity contribution is 0.427. The summed E-state index contributed by atoms with van der Waals surface area (Å²) < 4.78 is 0. The lowest BCUT2D eigenvalue weighted by Crippen LogP contribution is -2.22. The summed E-state index contributed by atoms with van der Waals surface area (Å²) in [7, 11) is 0. The van der Waals surface area contributed by atoms with Gasteiger partial charge in [-0.2, -0.15) is 0 Å². The largest absolute Gasteiger partial charge is 0.508 e. The smallest absolute Gasteiger partial charge is 0.131 e. The van der Waals surface area contributed by atoms with Crippen LogP contribution in [-0.4, -0.2) is 16.8 Å².